The van der Waals surface area contributed by atoms with Crippen LogP contribution in [0.25, 0.3) is 10.7 Å². The third-order valence-corrected chi connectivity index (χ3v) is 8.47. The summed E-state index contributed by atoms with van der Waals surface area (Å²) in [5.74, 6) is -1.84. The van der Waals surface area contributed by atoms with Crippen LogP contribution in [-0.4, -0.2) is 44.1 Å². The molecule has 3 rings (SSSR count). The second-order valence-electron chi connectivity index (χ2n) is 10.2. The van der Waals surface area contributed by atoms with E-state index in [0.717, 1.165) is 21.3 Å². The second kappa shape index (κ2) is 11.9. The van der Waals surface area contributed by atoms with E-state index in [1.54, 1.807) is 32.1 Å². The fraction of sp³-hybridized carbons (Fsp3) is 0.556. The Morgan fingerprint density at radius 1 is 1.08 bits per heavy atom. The van der Waals surface area contributed by atoms with Gasteiger partial charge in [-0.1, -0.05) is 51.5 Å². The summed E-state index contributed by atoms with van der Waals surface area (Å²) in [6.45, 7) is 10.7. The van der Waals surface area contributed by atoms with Crippen molar-refractivity contribution in [3.05, 3.63) is 45.3 Å². The molecule has 0 aliphatic carbocycles. The van der Waals surface area contributed by atoms with Crippen molar-refractivity contribution in [2.75, 3.05) is 0 Å². The van der Waals surface area contributed by atoms with E-state index in [-0.39, 0.29) is 18.1 Å². The Hall–Kier alpha value is -2.20. The van der Waals surface area contributed by atoms with Gasteiger partial charge in [-0.15, -0.1) is 22.7 Å². The van der Waals surface area contributed by atoms with Crippen LogP contribution in [0.1, 0.15) is 70.7 Å². The summed E-state index contributed by atoms with van der Waals surface area (Å²) < 4.78 is 5.81. The van der Waals surface area contributed by atoms with E-state index < -0.39 is 35.6 Å². The summed E-state index contributed by atoms with van der Waals surface area (Å²) in [6, 6.07) is 0. The molecule has 0 spiro atoms. The highest BCUT2D eigenvalue weighted by atomic mass is 32.1. The number of allylic oxidation sites excluding steroid dienone is 2. The number of ketones is 1. The summed E-state index contributed by atoms with van der Waals surface area (Å²) in [4.78, 5) is 35.3. The quantitative estimate of drug-likeness (QED) is 0.392. The van der Waals surface area contributed by atoms with Crippen LogP contribution in [0.15, 0.2) is 34.6 Å². The van der Waals surface area contributed by atoms with Crippen LogP contribution in [0.2, 0.25) is 0 Å². The largest absolute Gasteiger partial charge is 0.455 e. The first-order valence-corrected chi connectivity index (χ1v) is 14.0. The molecule has 2 aromatic heterocycles. The lowest BCUT2D eigenvalue weighted by Gasteiger charge is -2.34. The van der Waals surface area contributed by atoms with Crippen molar-refractivity contribution in [2.45, 2.75) is 79.1 Å². The Morgan fingerprint density at radius 2 is 1.81 bits per heavy atom. The Morgan fingerprint density at radius 3 is 2.47 bits per heavy atom. The summed E-state index contributed by atoms with van der Waals surface area (Å²) in [7, 11) is 0. The first kappa shape index (κ1) is 28.4. The number of aryl methyl sites for hydroxylation is 1. The minimum absolute atomic E-state index is 0.238. The number of carbonyl (C=O) groups excluding carboxylic acids is 2. The van der Waals surface area contributed by atoms with Gasteiger partial charge in [-0.2, -0.15) is 0 Å². The fourth-order valence-electron chi connectivity index (χ4n) is 4.20. The molecule has 1 unspecified atom stereocenters. The molecule has 1 aliphatic rings. The van der Waals surface area contributed by atoms with Crippen LogP contribution in [0, 0.1) is 24.2 Å². The van der Waals surface area contributed by atoms with E-state index in [4.69, 9.17) is 9.72 Å². The highest BCUT2D eigenvalue weighted by molar-refractivity contribution is 7.14. The predicted molar refractivity (Wildman–Crippen MR) is 143 cm³/mol. The molecule has 2 N–H and O–H groups in total. The Balaban J connectivity index is 1.91. The molecule has 0 saturated carbocycles. The Kier molecular flexibility index (Phi) is 9.38. The van der Waals surface area contributed by atoms with Crippen molar-refractivity contribution in [1.29, 1.82) is 0 Å². The van der Waals surface area contributed by atoms with Gasteiger partial charge in [-0.25, -0.2) is 9.97 Å². The standard InChI is InChI=1S/C27H36N2O5S2/c1-15-8-7-9-16(2)24(32)17(3)25(33)27(5,6)22(30)12-23(31)34-21(11-10-15)19-13-36-26(29-19)20-14-35-18(4)28-20/h7,9-10,13-14,16-17,21-22,24,30,32H,8,11-12H2,1-6H3/b9-7+,15-10-/t16-,17+,21-,22-,24?/m0/s1. The molecule has 0 fully saturated rings. The number of thiazole rings is 2. The lowest BCUT2D eigenvalue weighted by molar-refractivity contribution is -0.156. The average molecular weight is 533 g/mol. The minimum Gasteiger partial charge on any atom is -0.455 e. The van der Waals surface area contributed by atoms with Gasteiger partial charge in [0.2, 0.25) is 0 Å². The number of cyclic esters (lactones) is 1. The van der Waals surface area contributed by atoms with Gasteiger partial charge in [0.1, 0.15) is 22.6 Å². The van der Waals surface area contributed by atoms with Crippen molar-refractivity contribution in [3.63, 3.8) is 0 Å². The van der Waals surface area contributed by atoms with Crippen molar-refractivity contribution in [2.24, 2.45) is 17.3 Å². The van der Waals surface area contributed by atoms with Gasteiger partial charge in [0, 0.05) is 29.0 Å². The molecule has 0 bridgehead atoms. The van der Waals surface area contributed by atoms with Gasteiger partial charge >= 0.3 is 5.97 Å². The molecular weight excluding hydrogens is 496 g/mol. The normalized spacial score (nSPS) is 30.9. The summed E-state index contributed by atoms with van der Waals surface area (Å²) in [6.07, 6.45) is 3.91. The van der Waals surface area contributed by atoms with Gasteiger partial charge in [0.15, 0.2) is 0 Å². The molecule has 0 radical (unpaired) electrons. The van der Waals surface area contributed by atoms with Crippen LogP contribution in [-0.2, 0) is 14.3 Å². The molecule has 196 valence electrons. The number of aliphatic hydroxyl groups is 2. The number of nitrogens with zero attached hydrogens (tertiary/aromatic N) is 2. The molecule has 5 atom stereocenters. The molecule has 7 nitrogen and oxygen atoms in total. The smallest absolute Gasteiger partial charge is 0.309 e. The van der Waals surface area contributed by atoms with Gasteiger partial charge in [-0.3, -0.25) is 9.59 Å². The van der Waals surface area contributed by atoms with Crippen LogP contribution < -0.4 is 0 Å². The van der Waals surface area contributed by atoms with Gasteiger partial charge < -0.3 is 14.9 Å². The molecule has 1 aliphatic heterocycles. The molecule has 0 amide bonds. The van der Waals surface area contributed by atoms with Crippen LogP contribution >= 0.6 is 22.7 Å². The van der Waals surface area contributed by atoms with Crippen LogP contribution in [0.3, 0.4) is 0 Å². The number of esters is 1. The molecule has 9 heteroatoms. The summed E-state index contributed by atoms with van der Waals surface area (Å²) in [5.41, 5.74) is 1.27. The van der Waals surface area contributed by atoms with Crippen LogP contribution in [0.5, 0.6) is 0 Å². The van der Waals surface area contributed by atoms with Crippen LogP contribution in [0.4, 0.5) is 0 Å². The molecule has 3 heterocycles. The topological polar surface area (TPSA) is 110 Å². The average Bonchev–Trinajstić information content (AvgIpc) is 3.48. The molecule has 36 heavy (non-hydrogen) atoms. The Labute approximate surface area is 221 Å². The van der Waals surface area contributed by atoms with E-state index in [1.807, 2.05) is 49.8 Å². The van der Waals surface area contributed by atoms with Crippen molar-refractivity contribution in [1.82, 2.24) is 9.97 Å². The van der Waals surface area contributed by atoms with E-state index in [0.29, 0.717) is 18.5 Å². The first-order valence-electron chi connectivity index (χ1n) is 12.2. The van der Waals surface area contributed by atoms with Gasteiger partial charge in [-0.05, 0) is 20.3 Å². The zero-order chi connectivity index (χ0) is 26.6. The molecule has 0 aromatic carbocycles. The first-order chi connectivity index (χ1) is 16.9. The number of aliphatic hydroxyl groups excluding tert-OH is 2. The SMILES string of the molecule is C/C1=C/C[C@@H](c2csc(-c3csc(C)n3)n2)OC(=O)C[C@H](O)C(C)(C)C(=O)[C@H](C)C(O)[C@@H](C)/C=C/C1. The zero-order valence-corrected chi connectivity index (χ0v) is 23.4. The summed E-state index contributed by atoms with van der Waals surface area (Å²) >= 11 is 3.00. The van der Waals surface area contributed by atoms with Gasteiger partial charge in [0.25, 0.3) is 0 Å². The summed E-state index contributed by atoms with van der Waals surface area (Å²) in [5, 5.41) is 27.1. The van der Waals surface area contributed by atoms with E-state index >= 15 is 0 Å². The maximum atomic E-state index is 13.2. The molecule has 0 saturated heterocycles. The second-order valence-corrected chi connectivity index (χ2v) is 12.1. The third kappa shape index (κ3) is 6.76. The van der Waals surface area contributed by atoms with E-state index in [1.165, 1.54) is 11.3 Å². The number of hydrogen-bond donors (Lipinski definition) is 2. The number of aromatic nitrogens is 2. The third-order valence-electron chi connectivity index (χ3n) is 6.82. The highest BCUT2D eigenvalue weighted by Gasteiger charge is 2.42. The van der Waals surface area contributed by atoms with E-state index in [9.17, 15) is 19.8 Å². The maximum Gasteiger partial charge on any atom is 0.309 e. The van der Waals surface area contributed by atoms with Crippen molar-refractivity contribution in [3.8, 4) is 10.7 Å². The predicted octanol–water partition coefficient (Wildman–Crippen LogP) is 5.44. The lowest BCUT2D eigenvalue weighted by Crippen LogP contribution is -2.45. The van der Waals surface area contributed by atoms with Crippen molar-refractivity contribution >= 4 is 34.4 Å². The van der Waals surface area contributed by atoms with E-state index in [2.05, 4.69) is 4.98 Å². The monoisotopic (exact) mass is 532 g/mol. The highest BCUT2D eigenvalue weighted by Crippen LogP contribution is 2.34. The van der Waals surface area contributed by atoms with Crippen molar-refractivity contribution < 1.29 is 24.5 Å². The number of rotatable bonds is 2. The number of hydrogen-bond acceptors (Lipinski definition) is 9. The zero-order valence-electron chi connectivity index (χ0n) is 21.7. The maximum absolute atomic E-state index is 13.2. The molecule has 2 aromatic rings. The number of carbonyl (C=O) groups is 2. The van der Waals surface area contributed by atoms with Gasteiger partial charge in [0.05, 0.1) is 34.7 Å². The Bertz CT molecular complexity index is 1130. The fourth-order valence-corrected chi connectivity index (χ4v) is 5.69. The number of Topliss-reactive ketones (excluding diaryl/α,β-unsaturated/α-hetero) is 1. The lowest BCUT2D eigenvalue weighted by atomic mass is 9.73. The number of ether oxygens (including phenoxy) is 1. The molecular formula is C27H36N2O5S2. The minimum atomic E-state index is -1.26.